The largest absolute Gasteiger partial charge is 0.296 e. The van der Waals surface area contributed by atoms with Gasteiger partial charge in [-0.25, -0.2) is 4.98 Å². The Bertz CT molecular complexity index is 1340. The minimum Gasteiger partial charge on any atom is -0.296 e. The van der Waals surface area contributed by atoms with E-state index in [1.807, 2.05) is 42.5 Å². The highest BCUT2D eigenvalue weighted by Gasteiger charge is 2.16. The molecule has 9 heteroatoms. The SMILES string of the molecule is O=C(Nc1nnc(SCc2cccs2)s1)c1cc(-c2ccncc2)nc2ccccc12. The van der Waals surface area contributed by atoms with Crippen LogP contribution in [0.1, 0.15) is 15.2 Å². The molecule has 0 radical (unpaired) electrons. The molecule has 4 aromatic heterocycles. The zero-order chi connectivity index (χ0) is 21.0. The van der Waals surface area contributed by atoms with E-state index >= 15 is 0 Å². The zero-order valence-corrected chi connectivity index (χ0v) is 18.5. The van der Waals surface area contributed by atoms with Crippen LogP contribution >= 0.6 is 34.4 Å². The van der Waals surface area contributed by atoms with Crippen LogP contribution in [0, 0.1) is 0 Å². The van der Waals surface area contributed by atoms with E-state index in [0.29, 0.717) is 10.7 Å². The van der Waals surface area contributed by atoms with Gasteiger partial charge in [0.15, 0.2) is 4.34 Å². The Morgan fingerprint density at radius 3 is 2.74 bits per heavy atom. The van der Waals surface area contributed by atoms with Gasteiger partial charge in [0.2, 0.25) is 5.13 Å². The fraction of sp³-hybridized carbons (Fsp3) is 0.0455. The van der Waals surface area contributed by atoms with Crippen LogP contribution in [0.25, 0.3) is 22.2 Å². The van der Waals surface area contributed by atoms with Crippen molar-refractivity contribution >= 4 is 56.4 Å². The van der Waals surface area contributed by atoms with Crippen LogP contribution in [0.2, 0.25) is 0 Å². The molecule has 0 aliphatic rings. The van der Waals surface area contributed by atoms with Crippen molar-refractivity contribution < 1.29 is 4.79 Å². The van der Waals surface area contributed by atoms with Crippen LogP contribution in [0.3, 0.4) is 0 Å². The molecule has 0 aliphatic heterocycles. The lowest BCUT2D eigenvalue weighted by molar-refractivity contribution is 0.102. The van der Waals surface area contributed by atoms with Gasteiger partial charge in [-0.1, -0.05) is 47.4 Å². The van der Waals surface area contributed by atoms with Crippen molar-refractivity contribution in [3.8, 4) is 11.3 Å². The number of carbonyl (C=O) groups is 1. The molecule has 1 amide bonds. The van der Waals surface area contributed by atoms with Crippen molar-refractivity contribution in [2.75, 3.05) is 5.32 Å². The Morgan fingerprint density at radius 2 is 1.90 bits per heavy atom. The monoisotopic (exact) mass is 461 g/mol. The van der Waals surface area contributed by atoms with Crippen LogP contribution in [-0.4, -0.2) is 26.1 Å². The zero-order valence-electron chi connectivity index (χ0n) is 16.1. The molecule has 1 aromatic carbocycles. The molecular weight excluding hydrogens is 446 g/mol. The molecule has 152 valence electrons. The van der Waals surface area contributed by atoms with Gasteiger partial charge in [-0.05, 0) is 35.7 Å². The third-order valence-corrected chi connectivity index (χ3v) is 7.56. The van der Waals surface area contributed by atoms with Gasteiger partial charge in [-0.15, -0.1) is 21.5 Å². The topological polar surface area (TPSA) is 80.7 Å². The van der Waals surface area contributed by atoms with E-state index in [-0.39, 0.29) is 5.91 Å². The molecule has 4 heterocycles. The second-order valence-electron chi connectivity index (χ2n) is 6.50. The van der Waals surface area contributed by atoms with E-state index in [1.54, 1.807) is 41.6 Å². The number of para-hydroxylation sites is 1. The van der Waals surface area contributed by atoms with Crippen LogP contribution in [0.15, 0.2) is 76.7 Å². The van der Waals surface area contributed by atoms with Crippen molar-refractivity contribution in [2.45, 2.75) is 10.1 Å². The molecule has 6 nitrogen and oxygen atoms in total. The third kappa shape index (κ3) is 4.48. The van der Waals surface area contributed by atoms with Crippen molar-refractivity contribution in [3.05, 3.63) is 82.8 Å². The number of pyridine rings is 2. The van der Waals surface area contributed by atoms with Crippen LogP contribution < -0.4 is 5.32 Å². The number of hydrogen-bond acceptors (Lipinski definition) is 8. The number of rotatable bonds is 6. The molecular formula is C22H15N5OS3. The van der Waals surface area contributed by atoms with E-state index in [4.69, 9.17) is 4.98 Å². The van der Waals surface area contributed by atoms with E-state index in [0.717, 1.165) is 32.3 Å². The summed E-state index contributed by atoms with van der Waals surface area (Å²) >= 11 is 4.70. The number of anilines is 1. The predicted molar refractivity (Wildman–Crippen MR) is 127 cm³/mol. The average molecular weight is 462 g/mol. The number of thiophene rings is 1. The van der Waals surface area contributed by atoms with E-state index in [1.165, 1.54) is 16.2 Å². The summed E-state index contributed by atoms with van der Waals surface area (Å²) < 4.78 is 0.820. The van der Waals surface area contributed by atoms with Crippen molar-refractivity contribution in [1.29, 1.82) is 0 Å². The molecule has 31 heavy (non-hydrogen) atoms. The lowest BCUT2D eigenvalue weighted by Crippen LogP contribution is -2.13. The third-order valence-electron chi connectivity index (χ3n) is 4.48. The number of fused-ring (bicyclic) bond motifs is 1. The smallest absolute Gasteiger partial charge is 0.258 e. The molecule has 5 rings (SSSR count). The number of thioether (sulfide) groups is 1. The second kappa shape index (κ2) is 8.93. The maximum Gasteiger partial charge on any atom is 0.258 e. The van der Waals surface area contributed by atoms with Gasteiger partial charge >= 0.3 is 0 Å². The maximum atomic E-state index is 13.1. The van der Waals surface area contributed by atoms with Gasteiger partial charge in [-0.3, -0.25) is 15.1 Å². The highest BCUT2D eigenvalue weighted by Crippen LogP contribution is 2.30. The first kappa shape index (κ1) is 19.8. The van der Waals surface area contributed by atoms with Gasteiger partial charge < -0.3 is 0 Å². The molecule has 0 saturated carbocycles. The molecule has 0 unspecified atom stereocenters. The van der Waals surface area contributed by atoms with Crippen molar-refractivity contribution in [3.63, 3.8) is 0 Å². The van der Waals surface area contributed by atoms with Gasteiger partial charge in [0.05, 0.1) is 16.8 Å². The first-order valence-corrected chi connectivity index (χ1v) is 12.0. The Balaban J connectivity index is 1.40. The fourth-order valence-electron chi connectivity index (χ4n) is 3.04. The Hall–Kier alpha value is -3.14. The number of nitrogens with one attached hydrogen (secondary N) is 1. The minimum absolute atomic E-state index is 0.236. The molecule has 0 bridgehead atoms. The molecule has 0 fully saturated rings. The summed E-state index contributed by atoms with van der Waals surface area (Å²) in [5.74, 6) is 0.602. The normalized spacial score (nSPS) is 11.0. The van der Waals surface area contributed by atoms with Crippen LogP contribution in [0.4, 0.5) is 5.13 Å². The Morgan fingerprint density at radius 1 is 1.03 bits per heavy atom. The molecule has 0 atom stereocenters. The number of amides is 1. The van der Waals surface area contributed by atoms with Crippen molar-refractivity contribution in [2.24, 2.45) is 0 Å². The number of benzene rings is 1. The number of nitrogens with zero attached hydrogens (tertiary/aromatic N) is 4. The van der Waals surface area contributed by atoms with Gasteiger partial charge in [0.25, 0.3) is 5.91 Å². The number of carbonyl (C=O) groups excluding carboxylic acids is 1. The summed E-state index contributed by atoms with van der Waals surface area (Å²) in [7, 11) is 0. The van der Waals surface area contributed by atoms with E-state index < -0.39 is 0 Å². The molecule has 5 aromatic rings. The van der Waals surface area contributed by atoms with E-state index in [2.05, 4.69) is 31.9 Å². The Labute approximate surface area is 190 Å². The first-order chi connectivity index (χ1) is 15.3. The van der Waals surface area contributed by atoms with E-state index in [9.17, 15) is 4.79 Å². The number of hydrogen-bond donors (Lipinski definition) is 1. The standard InChI is InChI=1S/C22H15N5OS3/c28-20(25-21-26-27-22(31-21)30-13-15-4-3-11-29-15)17-12-19(14-7-9-23-10-8-14)24-18-6-2-1-5-16(17)18/h1-12H,13H2,(H,25,26,28). The summed E-state index contributed by atoms with van der Waals surface area (Å²) in [6.07, 6.45) is 3.42. The maximum absolute atomic E-state index is 13.1. The summed E-state index contributed by atoms with van der Waals surface area (Å²) in [5.41, 5.74) is 2.92. The van der Waals surface area contributed by atoms with Gasteiger partial charge in [0.1, 0.15) is 0 Å². The second-order valence-corrected chi connectivity index (χ2v) is 9.74. The minimum atomic E-state index is -0.236. The quantitative estimate of drug-likeness (QED) is 0.256. The summed E-state index contributed by atoms with van der Waals surface area (Å²) in [4.78, 5) is 23.2. The average Bonchev–Trinajstić information content (AvgIpc) is 3.49. The lowest BCUT2D eigenvalue weighted by Gasteiger charge is -2.09. The summed E-state index contributed by atoms with van der Waals surface area (Å²) in [6, 6.07) is 17.3. The van der Waals surface area contributed by atoms with Crippen LogP contribution in [-0.2, 0) is 5.75 Å². The van der Waals surface area contributed by atoms with Crippen LogP contribution in [0.5, 0.6) is 0 Å². The molecule has 0 spiro atoms. The lowest BCUT2D eigenvalue weighted by atomic mass is 10.0. The summed E-state index contributed by atoms with van der Waals surface area (Å²) in [6.45, 7) is 0. The van der Waals surface area contributed by atoms with Crippen molar-refractivity contribution in [1.82, 2.24) is 20.2 Å². The van der Waals surface area contributed by atoms with Gasteiger partial charge in [0, 0.05) is 34.0 Å². The fourth-order valence-corrected chi connectivity index (χ4v) is 5.56. The number of aromatic nitrogens is 4. The Kier molecular flexibility index (Phi) is 5.70. The van der Waals surface area contributed by atoms with Gasteiger partial charge in [-0.2, -0.15) is 0 Å². The molecule has 0 saturated heterocycles. The summed E-state index contributed by atoms with van der Waals surface area (Å²) in [5, 5.41) is 14.5. The first-order valence-electron chi connectivity index (χ1n) is 9.36. The predicted octanol–water partition coefficient (Wildman–Crippen LogP) is 5.75. The highest BCUT2D eigenvalue weighted by atomic mass is 32.2. The highest BCUT2D eigenvalue weighted by molar-refractivity contribution is 8.00. The molecule has 0 aliphatic carbocycles. The molecule has 1 N–H and O–H groups in total.